The number of phenols is 1. The number of carbonyl (C=O) groups is 1. The molecule has 134 valence electrons. The van der Waals surface area contributed by atoms with Crippen LogP contribution in [0.15, 0.2) is 21.7 Å². The van der Waals surface area contributed by atoms with Crippen molar-refractivity contribution >= 4 is 23.8 Å². The third-order valence-corrected chi connectivity index (χ3v) is 3.53. The number of nitrogens with zero attached hydrogens (tertiary/aromatic N) is 2. The minimum Gasteiger partial charge on any atom is -0.506 e. The number of aromatic nitrogens is 3. The van der Waals surface area contributed by atoms with Crippen molar-refractivity contribution in [3.8, 4) is 11.4 Å². The normalized spacial score (nSPS) is 11.4. The molecule has 2 aromatic rings. The van der Waals surface area contributed by atoms with Crippen LogP contribution in [0.2, 0.25) is 0 Å². The molecule has 0 aliphatic carbocycles. The van der Waals surface area contributed by atoms with Crippen molar-refractivity contribution in [3.05, 3.63) is 43.7 Å². The number of hydrogen-bond donors (Lipinski definition) is 3. The first-order valence-electron chi connectivity index (χ1n) is 6.58. The van der Waals surface area contributed by atoms with Crippen LogP contribution in [0.4, 0.5) is 18.9 Å². The second-order valence-corrected chi connectivity index (χ2v) is 5.46. The average molecular weight is 376 g/mol. The topological polar surface area (TPSA) is 109 Å². The molecule has 0 aliphatic rings. The number of aromatic hydroxyl groups is 1. The predicted molar refractivity (Wildman–Crippen MR) is 83.3 cm³/mol. The molecule has 1 heterocycles. The highest BCUT2D eigenvalue weighted by Crippen LogP contribution is 2.29. The Kier molecular flexibility index (Phi) is 4.57. The summed E-state index contributed by atoms with van der Waals surface area (Å²) in [4.78, 5) is 37.5. The van der Waals surface area contributed by atoms with Crippen molar-refractivity contribution in [3.63, 3.8) is 0 Å². The maximum Gasteiger partial charge on any atom is 0.338 e. The summed E-state index contributed by atoms with van der Waals surface area (Å²) in [5.74, 6) is -7.62. The van der Waals surface area contributed by atoms with E-state index in [0.29, 0.717) is 23.6 Å². The highest BCUT2D eigenvalue weighted by molar-refractivity contribution is 7.71. The number of H-pyrrole nitrogens is 1. The van der Waals surface area contributed by atoms with Crippen LogP contribution in [-0.4, -0.2) is 31.1 Å². The van der Waals surface area contributed by atoms with Gasteiger partial charge in [0, 0.05) is 20.0 Å². The minimum atomic E-state index is -3.77. The van der Waals surface area contributed by atoms with Crippen LogP contribution in [0.3, 0.4) is 0 Å². The van der Waals surface area contributed by atoms with Gasteiger partial charge in [-0.3, -0.25) is 14.3 Å². The Bertz CT molecular complexity index is 1040. The highest BCUT2D eigenvalue weighted by Gasteiger charge is 2.33. The van der Waals surface area contributed by atoms with E-state index < -0.39 is 46.2 Å². The number of halogens is 3. The Morgan fingerprint density at radius 1 is 1.36 bits per heavy atom. The Labute approximate surface area is 142 Å². The smallest absolute Gasteiger partial charge is 0.338 e. The van der Waals surface area contributed by atoms with E-state index in [2.05, 4.69) is 4.98 Å². The zero-order valence-corrected chi connectivity index (χ0v) is 13.6. The molecule has 12 heteroatoms. The van der Waals surface area contributed by atoms with Gasteiger partial charge >= 0.3 is 17.3 Å². The molecule has 1 aromatic heterocycles. The standard InChI is InChI=1S/C13H11F3N4O4S/c1-13(15,16)9(22)17-6-4-7(5(14)3-8(6)21)20-10(23)18-11(25)19(2)12(20)24/h3-4,21H,1-2H3,(H,17,22)(H,18,23,25). The Morgan fingerprint density at radius 3 is 2.52 bits per heavy atom. The number of carbonyl (C=O) groups excluding carboxylic acids is 1. The van der Waals surface area contributed by atoms with Gasteiger partial charge in [-0.05, 0) is 18.3 Å². The van der Waals surface area contributed by atoms with Gasteiger partial charge in [0.2, 0.25) is 0 Å². The van der Waals surface area contributed by atoms with Gasteiger partial charge in [-0.2, -0.15) is 8.78 Å². The molecular weight excluding hydrogens is 365 g/mol. The third-order valence-electron chi connectivity index (χ3n) is 3.15. The highest BCUT2D eigenvalue weighted by atomic mass is 32.1. The summed E-state index contributed by atoms with van der Waals surface area (Å²) in [5, 5.41) is 11.3. The van der Waals surface area contributed by atoms with Gasteiger partial charge in [0.1, 0.15) is 5.75 Å². The molecule has 8 nitrogen and oxygen atoms in total. The lowest BCUT2D eigenvalue weighted by Gasteiger charge is -2.14. The number of hydrogen-bond acceptors (Lipinski definition) is 5. The lowest BCUT2D eigenvalue weighted by atomic mass is 10.2. The molecule has 0 fully saturated rings. The molecule has 0 saturated heterocycles. The first-order valence-corrected chi connectivity index (χ1v) is 6.99. The van der Waals surface area contributed by atoms with Gasteiger partial charge in [0.05, 0.1) is 11.4 Å². The lowest BCUT2D eigenvalue weighted by molar-refractivity contribution is -0.137. The molecule has 0 atom stereocenters. The Hall–Kier alpha value is -2.89. The number of nitrogens with one attached hydrogen (secondary N) is 2. The third kappa shape index (κ3) is 3.47. The maximum absolute atomic E-state index is 14.1. The molecule has 3 N–H and O–H groups in total. The minimum absolute atomic E-state index is 0.218. The number of amides is 1. The van der Waals surface area contributed by atoms with Gasteiger partial charge < -0.3 is 10.4 Å². The molecule has 0 spiro atoms. The summed E-state index contributed by atoms with van der Waals surface area (Å²) in [6, 6.07) is 1.14. The predicted octanol–water partition coefficient (Wildman–Crippen LogP) is 1.03. The first kappa shape index (κ1) is 18.4. The van der Waals surface area contributed by atoms with E-state index in [1.54, 1.807) is 5.32 Å². The van der Waals surface area contributed by atoms with Crippen molar-refractivity contribution in [1.29, 1.82) is 0 Å². The maximum atomic E-state index is 14.1. The van der Waals surface area contributed by atoms with E-state index in [9.17, 15) is 32.7 Å². The second kappa shape index (κ2) is 6.20. The van der Waals surface area contributed by atoms with Crippen LogP contribution < -0.4 is 16.7 Å². The van der Waals surface area contributed by atoms with E-state index >= 15 is 0 Å². The van der Waals surface area contributed by atoms with Crippen LogP contribution in [0, 0.1) is 10.6 Å². The van der Waals surface area contributed by atoms with Gasteiger partial charge in [-0.1, -0.05) is 0 Å². The summed E-state index contributed by atoms with van der Waals surface area (Å²) >= 11 is 4.74. The quantitative estimate of drug-likeness (QED) is 0.548. The molecule has 0 radical (unpaired) electrons. The van der Waals surface area contributed by atoms with Crippen LogP contribution in [0.1, 0.15) is 6.92 Å². The van der Waals surface area contributed by atoms with Crippen LogP contribution >= 0.6 is 12.2 Å². The lowest BCUT2D eigenvalue weighted by Crippen LogP contribution is -2.40. The molecule has 1 amide bonds. The number of benzene rings is 1. The monoisotopic (exact) mass is 376 g/mol. The fourth-order valence-electron chi connectivity index (χ4n) is 1.82. The average Bonchev–Trinajstić information content (AvgIpc) is 2.48. The summed E-state index contributed by atoms with van der Waals surface area (Å²) in [6.45, 7) is 0.321. The van der Waals surface area contributed by atoms with Gasteiger partial charge in [0.25, 0.3) is 5.91 Å². The van der Waals surface area contributed by atoms with E-state index in [4.69, 9.17) is 12.2 Å². The number of anilines is 1. The molecule has 0 bridgehead atoms. The zero-order valence-electron chi connectivity index (χ0n) is 12.8. The van der Waals surface area contributed by atoms with E-state index in [1.165, 1.54) is 7.05 Å². The Morgan fingerprint density at radius 2 is 1.96 bits per heavy atom. The first-order chi connectivity index (χ1) is 11.4. The molecule has 0 aliphatic heterocycles. The summed E-state index contributed by atoms with van der Waals surface area (Å²) in [5.41, 5.74) is -3.39. The zero-order chi connectivity index (χ0) is 19.1. The molecule has 0 unspecified atom stereocenters. The molecule has 2 rings (SSSR count). The van der Waals surface area contributed by atoms with Crippen molar-refractivity contribution in [2.24, 2.45) is 7.05 Å². The van der Waals surface area contributed by atoms with Crippen LogP contribution in [-0.2, 0) is 11.8 Å². The number of rotatable bonds is 3. The van der Waals surface area contributed by atoms with E-state index in [-0.39, 0.29) is 4.77 Å². The van der Waals surface area contributed by atoms with E-state index in [1.807, 2.05) is 0 Å². The van der Waals surface area contributed by atoms with Crippen molar-refractivity contribution in [2.45, 2.75) is 12.8 Å². The molecule has 0 saturated carbocycles. The van der Waals surface area contributed by atoms with Gasteiger partial charge in [-0.25, -0.2) is 18.5 Å². The number of aromatic amines is 1. The SMILES string of the molecule is Cn1c(=S)[nH]c(=O)n(-c2cc(NC(=O)C(C)(F)F)c(O)cc2F)c1=O. The summed E-state index contributed by atoms with van der Waals surface area (Å²) < 4.78 is 41.0. The fraction of sp³-hybridized carbons (Fsp3) is 0.231. The number of alkyl halides is 2. The fourth-order valence-corrected chi connectivity index (χ4v) is 1.99. The Balaban J connectivity index is 2.70. The van der Waals surface area contributed by atoms with Crippen LogP contribution in [0.25, 0.3) is 5.69 Å². The van der Waals surface area contributed by atoms with Crippen molar-refractivity contribution in [1.82, 2.24) is 14.1 Å². The molecular formula is C13H11F3N4O4S. The largest absolute Gasteiger partial charge is 0.506 e. The number of phenolic OH excluding ortho intramolecular Hbond substituents is 1. The molecule has 25 heavy (non-hydrogen) atoms. The summed E-state index contributed by atoms with van der Waals surface area (Å²) in [7, 11) is 1.22. The summed E-state index contributed by atoms with van der Waals surface area (Å²) in [6.07, 6.45) is 0. The van der Waals surface area contributed by atoms with Gasteiger partial charge in [0.15, 0.2) is 10.6 Å². The second-order valence-electron chi connectivity index (χ2n) is 5.08. The van der Waals surface area contributed by atoms with Gasteiger partial charge in [-0.15, -0.1) is 0 Å². The van der Waals surface area contributed by atoms with E-state index in [0.717, 1.165) is 4.57 Å². The van der Waals surface area contributed by atoms with Crippen molar-refractivity contribution < 1.29 is 23.1 Å². The van der Waals surface area contributed by atoms with Crippen molar-refractivity contribution in [2.75, 3.05) is 5.32 Å². The molecule has 1 aromatic carbocycles. The van der Waals surface area contributed by atoms with Crippen LogP contribution in [0.5, 0.6) is 5.75 Å².